The number of carbonyl (C=O) groups is 1. The number of anilines is 1. The van der Waals surface area contributed by atoms with E-state index in [0.717, 1.165) is 28.9 Å². The fourth-order valence-electron chi connectivity index (χ4n) is 5.23. The molecule has 0 spiro atoms. The Kier molecular flexibility index (Phi) is 4.49. The van der Waals surface area contributed by atoms with Crippen molar-refractivity contribution in [1.29, 1.82) is 0 Å². The fraction of sp³-hybridized carbons (Fsp3) is 0.458. The molecule has 0 aromatic heterocycles. The largest absolute Gasteiger partial charge is 0.465 e. The van der Waals surface area contributed by atoms with Gasteiger partial charge in [-0.15, -0.1) is 0 Å². The van der Waals surface area contributed by atoms with Gasteiger partial charge in [0.25, 0.3) is 0 Å². The topological polar surface area (TPSA) is 38.3 Å². The molecular formula is C24H29NO2. The molecule has 3 heteroatoms. The molecular weight excluding hydrogens is 334 g/mol. The first kappa shape index (κ1) is 18.1. The van der Waals surface area contributed by atoms with Gasteiger partial charge >= 0.3 is 5.97 Å². The minimum Gasteiger partial charge on any atom is -0.465 e. The average molecular weight is 364 g/mol. The molecule has 4 atom stereocenters. The highest BCUT2D eigenvalue weighted by atomic mass is 16.5. The monoisotopic (exact) mass is 363 g/mol. The van der Waals surface area contributed by atoms with Crippen LogP contribution >= 0.6 is 0 Å². The van der Waals surface area contributed by atoms with E-state index in [1.807, 2.05) is 24.3 Å². The lowest BCUT2D eigenvalue weighted by Gasteiger charge is -2.62. The minimum atomic E-state index is -0.302. The van der Waals surface area contributed by atoms with Gasteiger partial charge in [-0.25, -0.2) is 4.79 Å². The normalized spacial score (nSPS) is 28.1. The summed E-state index contributed by atoms with van der Waals surface area (Å²) in [6, 6.07) is 16.8. The van der Waals surface area contributed by atoms with Crippen LogP contribution in [0.15, 0.2) is 48.5 Å². The summed E-state index contributed by atoms with van der Waals surface area (Å²) in [6.07, 6.45) is 2.69. The van der Waals surface area contributed by atoms with Gasteiger partial charge in [0, 0.05) is 11.7 Å². The van der Waals surface area contributed by atoms with Gasteiger partial charge in [-0.2, -0.15) is 0 Å². The van der Waals surface area contributed by atoms with Gasteiger partial charge in [0.05, 0.1) is 12.7 Å². The summed E-state index contributed by atoms with van der Waals surface area (Å²) in [5, 5.41) is 3.78. The summed E-state index contributed by atoms with van der Waals surface area (Å²) in [5.41, 5.74) is 4.55. The van der Waals surface area contributed by atoms with Crippen LogP contribution in [0.2, 0.25) is 0 Å². The second kappa shape index (κ2) is 6.70. The van der Waals surface area contributed by atoms with E-state index in [2.05, 4.69) is 50.4 Å². The first-order valence-electron chi connectivity index (χ1n) is 9.95. The number of benzene rings is 2. The van der Waals surface area contributed by atoms with Crippen LogP contribution in [-0.2, 0) is 4.74 Å². The number of hydrogen-bond donors (Lipinski definition) is 1. The van der Waals surface area contributed by atoms with E-state index in [-0.39, 0.29) is 5.97 Å². The Morgan fingerprint density at radius 2 is 1.59 bits per heavy atom. The highest BCUT2D eigenvalue weighted by Gasteiger charge is 2.56. The summed E-state index contributed by atoms with van der Waals surface area (Å²) in [5.74, 6) is 2.13. The third-order valence-electron chi connectivity index (χ3n) is 7.23. The lowest BCUT2D eigenvalue weighted by atomic mass is 9.45. The average Bonchev–Trinajstić information content (AvgIpc) is 2.69. The van der Waals surface area contributed by atoms with E-state index in [0.29, 0.717) is 17.0 Å². The first-order chi connectivity index (χ1) is 12.9. The maximum absolute atomic E-state index is 11.6. The van der Waals surface area contributed by atoms with Crippen LogP contribution < -0.4 is 5.32 Å². The van der Waals surface area contributed by atoms with Gasteiger partial charge in [0.1, 0.15) is 0 Å². The highest BCUT2D eigenvalue weighted by Crippen LogP contribution is 2.61. The smallest absolute Gasteiger partial charge is 0.337 e. The lowest BCUT2D eigenvalue weighted by molar-refractivity contribution is -0.105. The predicted octanol–water partition coefficient (Wildman–Crippen LogP) is 5.62. The van der Waals surface area contributed by atoms with Crippen LogP contribution in [0.5, 0.6) is 0 Å². The number of carbonyl (C=O) groups excluding carboxylic acids is 1. The number of fused-ring (bicyclic) bond motifs is 2. The zero-order valence-electron chi connectivity index (χ0n) is 16.7. The maximum atomic E-state index is 11.6. The number of hydrogen-bond acceptors (Lipinski definition) is 3. The van der Waals surface area contributed by atoms with Gasteiger partial charge in [-0.3, -0.25) is 0 Å². The third-order valence-corrected chi connectivity index (χ3v) is 7.23. The Hall–Kier alpha value is -2.29. The number of nitrogens with one attached hydrogen (secondary N) is 1. The van der Waals surface area contributed by atoms with Gasteiger partial charge < -0.3 is 10.1 Å². The summed E-state index contributed by atoms with van der Waals surface area (Å²) >= 11 is 0. The van der Waals surface area contributed by atoms with E-state index >= 15 is 0 Å². The number of esters is 1. The molecule has 0 radical (unpaired) electrons. The number of rotatable bonds is 4. The van der Waals surface area contributed by atoms with Gasteiger partial charge in [-0.05, 0) is 71.4 Å². The molecule has 2 bridgehead atoms. The van der Waals surface area contributed by atoms with Crippen molar-refractivity contribution >= 4 is 11.7 Å². The predicted molar refractivity (Wildman–Crippen MR) is 110 cm³/mol. The standard InChI is InChI=1S/C24H29NO2/c1-15-21-13-19(24(21,2)3)14-22(15)25-20-11-9-17(10-12-20)16-5-7-18(8-6-16)23(26)27-4/h5-12,15,19,21-22,25H,13-14H2,1-4H3/t15-,19?,21-,22-/m0/s1. The zero-order valence-corrected chi connectivity index (χ0v) is 16.7. The molecule has 3 aliphatic rings. The van der Waals surface area contributed by atoms with Crippen molar-refractivity contribution in [3.8, 4) is 11.1 Å². The van der Waals surface area contributed by atoms with Crippen LogP contribution in [0.1, 0.15) is 44.0 Å². The van der Waals surface area contributed by atoms with E-state index < -0.39 is 0 Å². The SMILES string of the molecule is COC(=O)c1ccc(-c2ccc(N[C@H]3CC4C[C@@H]([C@@H]3C)C4(C)C)cc2)cc1. The molecule has 0 saturated heterocycles. The molecule has 3 fully saturated rings. The fourth-order valence-corrected chi connectivity index (χ4v) is 5.23. The number of ether oxygens (including phenoxy) is 1. The molecule has 5 rings (SSSR count). The Morgan fingerprint density at radius 3 is 2.11 bits per heavy atom. The molecule has 0 heterocycles. The van der Waals surface area contributed by atoms with Crippen molar-refractivity contribution < 1.29 is 9.53 Å². The molecule has 142 valence electrons. The Balaban J connectivity index is 1.43. The molecule has 2 aromatic rings. The van der Waals surface area contributed by atoms with Gasteiger partial charge in [0.2, 0.25) is 0 Å². The zero-order chi connectivity index (χ0) is 19.2. The molecule has 0 amide bonds. The summed E-state index contributed by atoms with van der Waals surface area (Å²) in [4.78, 5) is 11.6. The molecule has 1 unspecified atom stereocenters. The first-order valence-corrected chi connectivity index (χ1v) is 9.95. The second-order valence-corrected chi connectivity index (χ2v) is 8.85. The molecule has 3 saturated carbocycles. The van der Waals surface area contributed by atoms with E-state index in [1.165, 1.54) is 25.6 Å². The molecule has 3 aliphatic carbocycles. The molecule has 1 N–H and O–H groups in total. The molecule has 3 nitrogen and oxygen atoms in total. The highest BCUT2D eigenvalue weighted by molar-refractivity contribution is 5.90. The van der Waals surface area contributed by atoms with Crippen molar-refractivity contribution in [3.63, 3.8) is 0 Å². The summed E-state index contributed by atoms with van der Waals surface area (Å²) in [7, 11) is 1.40. The molecule has 0 aliphatic heterocycles. The van der Waals surface area contributed by atoms with Crippen molar-refractivity contribution in [1.82, 2.24) is 0 Å². The van der Waals surface area contributed by atoms with E-state index in [9.17, 15) is 4.79 Å². The van der Waals surface area contributed by atoms with Crippen molar-refractivity contribution in [2.75, 3.05) is 12.4 Å². The van der Waals surface area contributed by atoms with E-state index in [1.54, 1.807) is 0 Å². The van der Waals surface area contributed by atoms with Crippen LogP contribution in [0, 0.1) is 23.2 Å². The minimum absolute atomic E-state index is 0.302. The molecule has 2 aromatic carbocycles. The Labute approximate surface area is 162 Å². The molecule has 27 heavy (non-hydrogen) atoms. The van der Waals surface area contributed by atoms with Crippen LogP contribution in [0.4, 0.5) is 5.69 Å². The van der Waals surface area contributed by atoms with Crippen LogP contribution in [0.3, 0.4) is 0 Å². The quantitative estimate of drug-likeness (QED) is 0.716. The summed E-state index contributed by atoms with van der Waals surface area (Å²) in [6.45, 7) is 7.30. The number of methoxy groups -OCH3 is 1. The van der Waals surface area contributed by atoms with E-state index in [4.69, 9.17) is 4.74 Å². The summed E-state index contributed by atoms with van der Waals surface area (Å²) < 4.78 is 4.75. The van der Waals surface area contributed by atoms with Crippen molar-refractivity contribution in [3.05, 3.63) is 54.1 Å². The van der Waals surface area contributed by atoms with Crippen molar-refractivity contribution in [2.45, 2.75) is 39.7 Å². The van der Waals surface area contributed by atoms with Gasteiger partial charge in [0.15, 0.2) is 0 Å². The van der Waals surface area contributed by atoms with Gasteiger partial charge in [-0.1, -0.05) is 45.0 Å². The maximum Gasteiger partial charge on any atom is 0.337 e. The Bertz CT molecular complexity index is 822. The third kappa shape index (κ3) is 3.13. The van der Waals surface area contributed by atoms with Crippen molar-refractivity contribution in [2.24, 2.45) is 23.2 Å². The van der Waals surface area contributed by atoms with Crippen LogP contribution in [0.25, 0.3) is 11.1 Å². The lowest BCUT2D eigenvalue weighted by Crippen LogP contribution is -2.58. The second-order valence-electron chi connectivity index (χ2n) is 8.85. The Morgan fingerprint density at radius 1 is 1.00 bits per heavy atom. The van der Waals surface area contributed by atoms with Crippen LogP contribution in [-0.4, -0.2) is 19.1 Å².